The molecule has 0 radical (unpaired) electrons. The van der Waals surface area contributed by atoms with E-state index in [1.807, 2.05) is 0 Å². The first kappa shape index (κ1) is 38.7. The van der Waals surface area contributed by atoms with Gasteiger partial charge in [-0.2, -0.15) is 74.6 Å². The van der Waals surface area contributed by atoms with Gasteiger partial charge in [0.1, 0.15) is 0 Å². The number of rotatable bonds is 19. The monoisotopic (exact) mass is 633 g/mol. The molecule has 242 valence electrons. The lowest BCUT2D eigenvalue weighted by atomic mass is 9.87. The normalized spacial score (nSPS) is 16.0. The van der Waals surface area contributed by atoms with Crippen molar-refractivity contribution in [1.82, 2.24) is 0 Å². The molecular weight excluding hydrogens is 605 g/mol. The zero-order valence-electron chi connectivity index (χ0n) is 20.8. The smallest absolute Gasteiger partial charge is 0.380 e. The van der Waals surface area contributed by atoms with Crippen LogP contribution in [0.25, 0.3) is 0 Å². The minimum absolute atomic E-state index is 0.0478. The summed E-state index contributed by atoms with van der Waals surface area (Å²) < 4.78 is 230. The summed E-state index contributed by atoms with van der Waals surface area (Å²) in [5.41, 5.74) is 5.46. The highest BCUT2D eigenvalue weighted by Crippen LogP contribution is 2.64. The molecule has 0 rings (SSSR count). The van der Waals surface area contributed by atoms with Gasteiger partial charge in [-0.25, -0.2) is 0 Å². The third-order valence-electron chi connectivity index (χ3n) is 5.70. The van der Waals surface area contributed by atoms with E-state index in [-0.39, 0.29) is 18.9 Å². The van der Waals surface area contributed by atoms with Crippen molar-refractivity contribution in [3.8, 4) is 0 Å². The highest BCUT2D eigenvalue weighted by atomic mass is 19.4. The molecule has 19 heteroatoms. The molecule has 0 heterocycles. The predicted molar refractivity (Wildman–Crippen MR) is 107 cm³/mol. The van der Waals surface area contributed by atoms with Crippen LogP contribution < -0.4 is 5.73 Å². The molecule has 0 saturated heterocycles. The Morgan fingerprint density at radius 3 is 1.18 bits per heavy atom. The number of unbranched alkanes of at least 4 members (excludes halogenated alkanes) is 7. The maximum absolute atomic E-state index is 13.8. The van der Waals surface area contributed by atoms with Crippen molar-refractivity contribution < 1.29 is 79.4 Å². The van der Waals surface area contributed by atoms with Crippen molar-refractivity contribution >= 4 is 0 Å². The first-order valence-corrected chi connectivity index (χ1v) is 11.7. The second kappa shape index (κ2) is 13.4. The van der Waals surface area contributed by atoms with Crippen LogP contribution in [-0.2, 0) is 4.74 Å². The van der Waals surface area contributed by atoms with E-state index >= 15 is 0 Å². The molecule has 0 saturated carbocycles. The molecule has 40 heavy (non-hydrogen) atoms. The zero-order chi connectivity index (χ0) is 32.1. The minimum Gasteiger partial charge on any atom is -0.380 e. The molecule has 0 aliphatic carbocycles. The Kier molecular flexibility index (Phi) is 12.9. The molecule has 0 aromatic rings. The van der Waals surface area contributed by atoms with Crippen LogP contribution in [0.1, 0.15) is 64.7 Å². The lowest BCUT2D eigenvalue weighted by Crippen LogP contribution is -2.74. The number of ether oxygens (including phenoxy) is 1. The summed E-state index contributed by atoms with van der Waals surface area (Å²) >= 11 is 0. The van der Waals surface area contributed by atoms with Crippen LogP contribution >= 0.6 is 0 Å². The van der Waals surface area contributed by atoms with E-state index in [2.05, 4.69) is 0 Å². The van der Waals surface area contributed by atoms with Gasteiger partial charge in [0.15, 0.2) is 0 Å². The van der Waals surface area contributed by atoms with Gasteiger partial charge < -0.3 is 10.5 Å². The summed E-state index contributed by atoms with van der Waals surface area (Å²) in [4.78, 5) is 0. The average molecular weight is 633 g/mol. The molecule has 0 aromatic heterocycles. The van der Waals surface area contributed by atoms with Crippen LogP contribution in [0.4, 0.5) is 74.6 Å². The molecule has 0 bridgehead atoms. The van der Waals surface area contributed by atoms with Gasteiger partial charge in [-0.1, -0.05) is 38.5 Å². The fourth-order valence-electron chi connectivity index (χ4n) is 3.23. The molecule has 0 aromatic carbocycles. The van der Waals surface area contributed by atoms with Gasteiger partial charge in [-0.05, 0) is 19.8 Å². The van der Waals surface area contributed by atoms with Crippen molar-refractivity contribution in [3.63, 3.8) is 0 Å². The summed E-state index contributed by atoms with van der Waals surface area (Å²) in [6, 6.07) is -0.156. The minimum atomic E-state index is -8.59. The number of alkyl halides is 17. The summed E-state index contributed by atoms with van der Waals surface area (Å²) in [7, 11) is 0. The van der Waals surface area contributed by atoms with E-state index in [0.29, 0.717) is 45.3 Å². The van der Waals surface area contributed by atoms with Gasteiger partial charge in [0.25, 0.3) is 0 Å². The number of hydrogen-bond donors (Lipinski definition) is 1. The van der Waals surface area contributed by atoms with Crippen LogP contribution in [0.3, 0.4) is 0 Å². The third kappa shape index (κ3) is 7.76. The molecule has 0 aliphatic heterocycles. The Morgan fingerprint density at radius 2 is 0.800 bits per heavy atom. The van der Waals surface area contributed by atoms with Crippen molar-refractivity contribution in [2.24, 2.45) is 5.73 Å². The van der Waals surface area contributed by atoms with E-state index in [1.54, 1.807) is 6.92 Å². The summed E-state index contributed by atoms with van der Waals surface area (Å²) in [5.74, 6) is -55.8. The van der Waals surface area contributed by atoms with Gasteiger partial charge >= 0.3 is 47.6 Å². The summed E-state index contributed by atoms with van der Waals surface area (Å²) in [5, 5.41) is 0. The van der Waals surface area contributed by atoms with Gasteiger partial charge in [0.05, 0.1) is 6.61 Å². The quantitative estimate of drug-likeness (QED) is 0.114. The Labute approximate surface area is 217 Å². The summed E-state index contributed by atoms with van der Waals surface area (Å²) in [6.07, 6.45) is -8.71. The Bertz CT molecular complexity index is 765. The topological polar surface area (TPSA) is 35.2 Å². The lowest BCUT2D eigenvalue weighted by Gasteiger charge is -2.42. The molecular formula is C21H28F17NO. The van der Waals surface area contributed by atoms with Crippen LogP contribution in [0.5, 0.6) is 0 Å². The third-order valence-corrected chi connectivity index (χ3v) is 5.70. The maximum atomic E-state index is 13.8. The molecule has 0 aliphatic rings. The van der Waals surface area contributed by atoms with Crippen LogP contribution in [-0.4, -0.2) is 66.9 Å². The lowest BCUT2D eigenvalue weighted by molar-refractivity contribution is -0.461. The van der Waals surface area contributed by atoms with Crippen molar-refractivity contribution in [2.75, 3.05) is 13.2 Å². The second-order valence-corrected chi connectivity index (χ2v) is 9.28. The molecule has 2 N–H and O–H groups in total. The molecule has 2 nitrogen and oxygen atoms in total. The van der Waals surface area contributed by atoms with E-state index in [9.17, 15) is 74.6 Å². The van der Waals surface area contributed by atoms with E-state index in [4.69, 9.17) is 10.5 Å². The van der Waals surface area contributed by atoms with Gasteiger partial charge in [-0.3, -0.25) is 0 Å². The summed E-state index contributed by atoms with van der Waals surface area (Å²) in [6.45, 7) is 2.49. The fourth-order valence-corrected chi connectivity index (χ4v) is 3.23. The van der Waals surface area contributed by atoms with E-state index in [0.717, 1.165) is 0 Å². The average Bonchev–Trinajstić information content (AvgIpc) is 2.77. The van der Waals surface area contributed by atoms with Crippen LogP contribution in [0.15, 0.2) is 0 Å². The van der Waals surface area contributed by atoms with Gasteiger partial charge in [0, 0.05) is 19.1 Å². The molecule has 0 amide bonds. The highest BCUT2D eigenvalue weighted by molar-refractivity contribution is 5.15. The molecule has 0 unspecified atom stereocenters. The highest BCUT2D eigenvalue weighted by Gasteiger charge is 2.95. The standard InChI is InChI=1S/C21H28F17NO/c1-13(39)12-40-11-9-7-5-3-2-4-6-8-10-14(22,23)15(24,25)16(26,27)17(28,29)18(30,31)19(32,33)20(34,35)21(36,37)38/h13H,2-12,39H2,1H3/t13-/m0/s1. The Hall–Kier alpha value is -1.27. The van der Waals surface area contributed by atoms with Crippen LogP contribution in [0.2, 0.25) is 0 Å². The van der Waals surface area contributed by atoms with E-state index in [1.165, 1.54) is 0 Å². The van der Waals surface area contributed by atoms with Crippen molar-refractivity contribution in [1.29, 1.82) is 0 Å². The maximum Gasteiger partial charge on any atom is 0.460 e. The molecule has 0 fully saturated rings. The molecule has 1 atom stereocenters. The van der Waals surface area contributed by atoms with Gasteiger partial charge in [0.2, 0.25) is 0 Å². The van der Waals surface area contributed by atoms with Crippen molar-refractivity contribution in [2.45, 2.75) is 118 Å². The van der Waals surface area contributed by atoms with E-state index < -0.39 is 60.5 Å². The fraction of sp³-hybridized carbons (Fsp3) is 1.00. The Morgan fingerprint density at radius 1 is 0.475 bits per heavy atom. The number of halogens is 17. The SMILES string of the molecule is C[C@H](N)COCCCCCCCCCCC(F)(F)C(F)(F)C(F)(F)C(F)(F)C(F)(F)C(F)(F)C(F)(F)C(F)(F)F. The van der Waals surface area contributed by atoms with Crippen molar-refractivity contribution in [3.05, 3.63) is 0 Å². The first-order valence-electron chi connectivity index (χ1n) is 11.7. The van der Waals surface area contributed by atoms with Gasteiger partial charge in [-0.15, -0.1) is 0 Å². The molecule has 0 spiro atoms. The predicted octanol–water partition coefficient (Wildman–Crippen LogP) is 8.87. The second-order valence-electron chi connectivity index (χ2n) is 9.28. The van der Waals surface area contributed by atoms with Crippen LogP contribution in [0, 0.1) is 0 Å². The number of nitrogens with two attached hydrogens (primary N) is 1. The largest absolute Gasteiger partial charge is 0.460 e. The first-order chi connectivity index (χ1) is 17.7. The Balaban J connectivity index is 5.25. The zero-order valence-corrected chi connectivity index (χ0v) is 20.8. The number of hydrogen-bond acceptors (Lipinski definition) is 2.